The van der Waals surface area contributed by atoms with Gasteiger partial charge >= 0.3 is 0 Å². The van der Waals surface area contributed by atoms with Crippen LogP contribution in [-0.4, -0.2) is 0 Å². The second-order valence-electron chi connectivity index (χ2n) is 2.82. The Bertz CT molecular complexity index is 375. The normalized spacial score (nSPS) is 10.6. The van der Waals surface area contributed by atoms with Gasteiger partial charge in [-0.25, -0.2) is 0 Å². The van der Waals surface area contributed by atoms with Gasteiger partial charge in [-0.15, -0.1) is 6.42 Å². The average Bonchev–Trinajstić information content (AvgIpc) is 2.18. The number of terminal acetylenes is 1. The van der Waals surface area contributed by atoms with Gasteiger partial charge in [-0.1, -0.05) is 48.4 Å². The molecule has 0 unspecified atom stereocenters. The zero-order valence-electron chi connectivity index (χ0n) is 7.75. The van der Waals surface area contributed by atoms with Crippen LogP contribution in [0.3, 0.4) is 0 Å². The molecule has 0 spiro atoms. The van der Waals surface area contributed by atoms with Crippen molar-refractivity contribution < 1.29 is 0 Å². The zero-order chi connectivity index (χ0) is 9.68. The minimum Gasteiger partial charge on any atom is -0.115 e. The highest BCUT2D eigenvalue weighted by molar-refractivity contribution is 5.62. The molecular weight excluding hydrogens is 156 g/mol. The van der Waals surface area contributed by atoms with Crippen molar-refractivity contribution in [2.75, 3.05) is 0 Å². The molecule has 0 aliphatic rings. The molecule has 0 saturated carbocycles. The van der Waals surface area contributed by atoms with Crippen LogP contribution in [0.15, 0.2) is 42.5 Å². The molecule has 13 heavy (non-hydrogen) atoms. The van der Waals surface area contributed by atoms with E-state index < -0.39 is 0 Å². The van der Waals surface area contributed by atoms with E-state index in [0.717, 1.165) is 16.7 Å². The molecule has 1 rings (SSSR count). The van der Waals surface area contributed by atoms with Crippen molar-refractivity contribution in [3.05, 3.63) is 53.6 Å². The van der Waals surface area contributed by atoms with Crippen molar-refractivity contribution >= 4 is 6.08 Å². The van der Waals surface area contributed by atoms with Gasteiger partial charge in [0.1, 0.15) is 0 Å². The first-order chi connectivity index (χ1) is 6.27. The molecule has 0 bridgehead atoms. The molecular formula is C13H12. The van der Waals surface area contributed by atoms with Crippen molar-refractivity contribution in [2.45, 2.75) is 6.92 Å². The minimum atomic E-state index is 0.920. The molecule has 0 heteroatoms. The maximum atomic E-state index is 5.36. The van der Waals surface area contributed by atoms with Gasteiger partial charge in [0.15, 0.2) is 0 Å². The number of rotatable bonds is 2. The molecule has 0 nitrogen and oxygen atoms in total. The summed E-state index contributed by atoms with van der Waals surface area (Å²) in [4.78, 5) is 0. The standard InChI is InChI=1S/C13H12/c1-4-11(3)10-13-9-7-6-8-12(13)5-2/h2,4,6-10H,1H2,3H3/b11-10-. The van der Waals surface area contributed by atoms with Gasteiger partial charge in [-0.2, -0.15) is 0 Å². The molecule has 0 aliphatic carbocycles. The third kappa shape index (κ3) is 2.35. The molecule has 0 radical (unpaired) electrons. The van der Waals surface area contributed by atoms with Crippen LogP contribution in [0.5, 0.6) is 0 Å². The molecule has 0 N–H and O–H groups in total. The summed E-state index contributed by atoms with van der Waals surface area (Å²) in [5.41, 5.74) is 3.11. The second kappa shape index (κ2) is 4.33. The van der Waals surface area contributed by atoms with Gasteiger partial charge in [0, 0.05) is 5.56 Å². The highest BCUT2D eigenvalue weighted by Gasteiger charge is 1.93. The van der Waals surface area contributed by atoms with Crippen LogP contribution in [0.1, 0.15) is 18.1 Å². The first-order valence-corrected chi connectivity index (χ1v) is 4.14. The van der Waals surface area contributed by atoms with Crippen molar-refractivity contribution in [1.82, 2.24) is 0 Å². The summed E-state index contributed by atoms with van der Waals surface area (Å²) in [6, 6.07) is 7.85. The molecule has 1 aromatic carbocycles. The molecule has 0 amide bonds. The lowest BCUT2D eigenvalue weighted by atomic mass is 10.1. The molecule has 0 saturated heterocycles. The van der Waals surface area contributed by atoms with Gasteiger partial charge < -0.3 is 0 Å². The molecule has 0 aromatic heterocycles. The lowest BCUT2D eigenvalue weighted by molar-refractivity contribution is 1.53. The molecule has 0 fully saturated rings. The van der Waals surface area contributed by atoms with E-state index in [1.165, 1.54) is 0 Å². The summed E-state index contributed by atoms with van der Waals surface area (Å²) in [5, 5.41) is 0. The fourth-order valence-corrected chi connectivity index (χ4v) is 1.06. The highest BCUT2D eigenvalue weighted by Crippen LogP contribution is 2.11. The summed E-state index contributed by atoms with van der Waals surface area (Å²) in [6.45, 7) is 5.69. The summed E-state index contributed by atoms with van der Waals surface area (Å²) >= 11 is 0. The third-order valence-corrected chi connectivity index (χ3v) is 1.82. The Kier molecular flexibility index (Phi) is 3.11. The molecule has 0 aliphatic heterocycles. The van der Waals surface area contributed by atoms with Crippen LogP contribution in [0, 0.1) is 12.3 Å². The molecule has 0 heterocycles. The predicted octanol–water partition coefficient (Wildman–Crippen LogP) is 3.26. The Morgan fingerprint density at radius 3 is 2.77 bits per heavy atom. The topological polar surface area (TPSA) is 0 Å². The number of allylic oxidation sites excluding steroid dienone is 2. The van der Waals surface area contributed by atoms with Gasteiger partial charge in [-0.05, 0) is 18.6 Å². The minimum absolute atomic E-state index is 0.920. The summed E-state index contributed by atoms with van der Waals surface area (Å²) in [7, 11) is 0. The first-order valence-electron chi connectivity index (χ1n) is 4.14. The summed E-state index contributed by atoms with van der Waals surface area (Å²) in [6.07, 6.45) is 9.21. The maximum absolute atomic E-state index is 5.36. The number of benzene rings is 1. The monoisotopic (exact) mass is 168 g/mol. The van der Waals surface area contributed by atoms with Crippen molar-refractivity contribution in [1.29, 1.82) is 0 Å². The van der Waals surface area contributed by atoms with E-state index in [4.69, 9.17) is 6.42 Å². The van der Waals surface area contributed by atoms with Crippen LogP contribution >= 0.6 is 0 Å². The Balaban J connectivity index is 3.16. The fraction of sp³-hybridized carbons (Fsp3) is 0.0769. The van der Waals surface area contributed by atoms with E-state index in [1.54, 1.807) is 0 Å². The Morgan fingerprint density at radius 2 is 2.15 bits per heavy atom. The Labute approximate surface area is 79.6 Å². The van der Waals surface area contributed by atoms with Crippen molar-refractivity contribution in [3.63, 3.8) is 0 Å². The molecule has 0 atom stereocenters. The SMILES string of the molecule is C#Cc1ccccc1/C=C(/C)C=C. The van der Waals surface area contributed by atoms with Crippen LogP contribution in [0.4, 0.5) is 0 Å². The smallest absolute Gasteiger partial charge is 0.0315 e. The van der Waals surface area contributed by atoms with Crippen LogP contribution < -0.4 is 0 Å². The predicted molar refractivity (Wildman–Crippen MR) is 58.2 cm³/mol. The lowest BCUT2D eigenvalue weighted by Crippen LogP contribution is -1.80. The number of hydrogen-bond acceptors (Lipinski definition) is 0. The fourth-order valence-electron chi connectivity index (χ4n) is 1.06. The van der Waals surface area contributed by atoms with E-state index in [0.29, 0.717) is 0 Å². The summed E-state index contributed by atoms with van der Waals surface area (Å²) in [5.74, 6) is 2.65. The van der Waals surface area contributed by atoms with Crippen LogP contribution in [-0.2, 0) is 0 Å². The summed E-state index contributed by atoms with van der Waals surface area (Å²) < 4.78 is 0. The van der Waals surface area contributed by atoms with Crippen LogP contribution in [0.2, 0.25) is 0 Å². The largest absolute Gasteiger partial charge is 0.115 e. The third-order valence-electron chi connectivity index (χ3n) is 1.82. The lowest BCUT2D eigenvalue weighted by Gasteiger charge is -1.98. The Morgan fingerprint density at radius 1 is 1.46 bits per heavy atom. The quantitative estimate of drug-likeness (QED) is 0.469. The van der Waals surface area contributed by atoms with Crippen LogP contribution in [0.25, 0.3) is 6.08 Å². The van der Waals surface area contributed by atoms with Crippen molar-refractivity contribution in [3.8, 4) is 12.3 Å². The highest BCUT2D eigenvalue weighted by atomic mass is 14.0. The van der Waals surface area contributed by atoms with E-state index >= 15 is 0 Å². The zero-order valence-corrected chi connectivity index (χ0v) is 7.75. The first kappa shape index (κ1) is 9.35. The van der Waals surface area contributed by atoms with E-state index in [9.17, 15) is 0 Å². The van der Waals surface area contributed by atoms with Gasteiger partial charge in [0.25, 0.3) is 0 Å². The van der Waals surface area contributed by atoms with E-state index in [-0.39, 0.29) is 0 Å². The van der Waals surface area contributed by atoms with E-state index in [1.807, 2.05) is 43.3 Å². The second-order valence-corrected chi connectivity index (χ2v) is 2.82. The average molecular weight is 168 g/mol. The number of hydrogen-bond donors (Lipinski definition) is 0. The van der Waals surface area contributed by atoms with Gasteiger partial charge in [0.05, 0.1) is 0 Å². The van der Waals surface area contributed by atoms with Crippen molar-refractivity contribution in [2.24, 2.45) is 0 Å². The molecule has 64 valence electrons. The maximum Gasteiger partial charge on any atom is 0.0315 e. The van der Waals surface area contributed by atoms with E-state index in [2.05, 4.69) is 12.5 Å². The Hall–Kier alpha value is -1.74. The van der Waals surface area contributed by atoms with Gasteiger partial charge in [0.2, 0.25) is 0 Å². The molecule has 1 aromatic rings. The van der Waals surface area contributed by atoms with Gasteiger partial charge in [-0.3, -0.25) is 0 Å².